The molecule has 0 fully saturated rings. The van der Waals surface area contributed by atoms with Gasteiger partial charge in [0.1, 0.15) is 11.7 Å². The Morgan fingerprint density at radius 3 is 2.47 bits per heavy atom. The Bertz CT molecular complexity index is 1330. The third kappa shape index (κ3) is 6.31. The largest absolute Gasteiger partial charge is 0.351 e. The molecule has 0 unspecified atom stereocenters. The van der Waals surface area contributed by atoms with Gasteiger partial charge in [-0.2, -0.15) is 0 Å². The normalized spacial score (nSPS) is 12.6. The smallest absolute Gasteiger partial charge is 0.268 e. The molecule has 184 valence electrons. The van der Waals surface area contributed by atoms with Crippen LogP contribution in [0.5, 0.6) is 0 Å². The SMILES string of the molecule is C[C@@H](NC(=O)c1cc2ccccc2[nH]1)C(=O)N[C@H](Cc1ccccc1)C(=O)C(=O)CCc1nccs1. The zero-order chi connectivity index (χ0) is 25.5. The van der Waals surface area contributed by atoms with Gasteiger partial charge in [0.05, 0.1) is 11.0 Å². The quantitative estimate of drug-likeness (QED) is 0.272. The van der Waals surface area contributed by atoms with Crippen molar-refractivity contribution in [3.63, 3.8) is 0 Å². The van der Waals surface area contributed by atoms with Gasteiger partial charge in [-0.05, 0) is 24.6 Å². The van der Waals surface area contributed by atoms with E-state index >= 15 is 0 Å². The minimum absolute atomic E-state index is 0.0141. The molecule has 0 bridgehead atoms. The van der Waals surface area contributed by atoms with Crippen molar-refractivity contribution in [3.05, 3.63) is 88.5 Å². The number of H-pyrrole nitrogens is 1. The first kappa shape index (κ1) is 25.0. The second kappa shape index (κ2) is 11.5. The lowest BCUT2D eigenvalue weighted by atomic mass is 9.97. The number of nitrogens with zero attached hydrogens (tertiary/aromatic N) is 1. The number of rotatable bonds is 11. The van der Waals surface area contributed by atoms with Gasteiger partial charge in [-0.15, -0.1) is 11.3 Å². The van der Waals surface area contributed by atoms with Crippen molar-refractivity contribution in [2.45, 2.75) is 38.3 Å². The van der Waals surface area contributed by atoms with Crippen LogP contribution >= 0.6 is 11.3 Å². The molecular formula is C27H26N4O4S. The lowest BCUT2D eigenvalue weighted by Gasteiger charge is -2.20. The summed E-state index contributed by atoms with van der Waals surface area (Å²) in [6.07, 6.45) is 2.19. The van der Waals surface area contributed by atoms with Crippen molar-refractivity contribution in [2.24, 2.45) is 0 Å². The van der Waals surface area contributed by atoms with Crippen LogP contribution in [-0.4, -0.2) is 45.4 Å². The van der Waals surface area contributed by atoms with Crippen LogP contribution in [-0.2, 0) is 27.2 Å². The lowest BCUT2D eigenvalue weighted by molar-refractivity contribution is -0.139. The maximum Gasteiger partial charge on any atom is 0.268 e. The predicted molar refractivity (Wildman–Crippen MR) is 138 cm³/mol. The van der Waals surface area contributed by atoms with Crippen LogP contribution in [0.1, 0.15) is 34.4 Å². The summed E-state index contributed by atoms with van der Waals surface area (Å²) in [4.78, 5) is 58.5. The highest BCUT2D eigenvalue weighted by molar-refractivity contribution is 7.09. The van der Waals surface area contributed by atoms with Crippen LogP contribution in [0, 0.1) is 0 Å². The Labute approximate surface area is 212 Å². The molecule has 36 heavy (non-hydrogen) atoms. The molecule has 2 aromatic heterocycles. The average molecular weight is 503 g/mol. The topological polar surface area (TPSA) is 121 Å². The molecule has 2 amide bonds. The number of hydrogen-bond acceptors (Lipinski definition) is 6. The Balaban J connectivity index is 1.41. The highest BCUT2D eigenvalue weighted by atomic mass is 32.1. The zero-order valence-electron chi connectivity index (χ0n) is 19.7. The second-order valence-corrected chi connectivity index (χ2v) is 9.41. The van der Waals surface area contributed by atoms with Crippen LogP contribution in [0.4, 0.5) is 0 Å². The summed E-state index contributed by atoms with van der Waals surface area (Å²) in [6, 6.07) is 16.3. The molecule has 2 atom stereocenters. The predicted octanol–water partition coefficient (Wildman–Crippen LogP) is 3.24. The molecule has 3 N–H and O–H groups in total. The number of aromatic amines is 1. The minimum Gasteiger partial charge on any atom is -0.351 e. The van der Waals surface area contributed by atoms with Crippen molar-refractivity contribution < 1.29 is 19.2 Å². The molecular weight excluding hydrogens is 476 g/mol. The fourth-order valence-electron chi connectivity index (χ4n) is 3.81. The molecule has 4 rings (SSSR count). The molecule has 9 heteroatoms. The average Bonchev–Trinajstić information content (AvgIpc) is 3.57. The van der Waals surface area contributed by atoms with Gasteiger partial charge in [0.2, 0.25) is 17.5 Å². The van der Waals surface area contributed by atoms with E-state index in [0.717, 1.165) is 21.5 Å². The van der Waals surface area contributed by atoms with E-state index in [2.05, 4.69) is 20.6 Å². The van der Waals surface area contributed by atoms with E-state index in [-0.39, 0.29) is 12.8 Å². The van der Waals surface area contributed by atoms with Crippen LogP contribution < -0.4 is 10.6 Å². The third-order valence-electron chi connectivity index (χ3n) is 5.76. The highest BCUT2D eigenvalue weighted by Crippen LogP contribution is 2.15. The van der Waals surface area contributed by atoms with Gasteiger partial charge >= 0.3 is 0 Å². The van der Waals surface area contributed by atoms with Gasteiger partial charge in [0.25, 0.3) is 5.91 Å². The van der Waals surface area contributed by atoms with E-state index in [1.54, 1.807) is 12.3 Å². The number of fused-ring (bicyclic) bond motifs is 1. The van der Waals surface area contributed by atoms with E-state index in [4.69, 9.17) is 0 Å². The number of nitrogens with one attached hydrogen (secondary N) is 3. The first-order valence-electron chi connectivity index (χ1n) is 11.6. The number of Topliss-reactive ketones (excluding diaryl/α,β-unsaturated/α-hetero) is 2. The number of aromatic nitrogens is 2. The molecule has 0 saturated heterocycles. The van der Waals surface area contributed by atoms with Gasteiger partial charge in [0.15, 0.2) is 0 Å². The summed E-state index contributed by atoms with van der Waals surface area (Å²) >= 11 is 1.42. The monoisotopic (exact) mass is 502 g/mol. The molecule has 4 aromatic rings. The second-order valence-electron chi connectivity index (χ2n) is 8.43. The van der Waals surface area contributed by atoms with Gasteiger partial charge in [-0.1, -0.05) is 48.5 Å². The number of carbonyl (C=O) groups excluding carboxylic acids is 4. The Kier molecular flexibility index (Phi) is 8.02. The summed E-state index contributed by atoms with van der Waals surface area (Å²) in [5.41, 5.74) is 1.94. The molecule has 0 saturated carbocycles. The Morgan fingerprint density at radius 1 is 1.00 bits per heavy atom. The first-order valence-corrected chi connectivity index (χ1v) is 12.5. The number of hydrogen-bond donors (Lipinski definition) is 3. The number of thiazole rings is 1. The molecule has 0 aliphatic carbocycles. The van der Waals surface area contributed by atoms with Crippen LogP contribution in [0.15, 0.2) is 72.2 Å². The van der Waals surface area contributed by atoms with Crippen LogP contribution in [0.3, 0.4) is 0 Å². The van der Waals surface area contributed by atoms with E-state index in [1.807, 2.05) is 60.0 Å². The van der Waals surface area contributed by atoms with Crippen LogP contribution in [0.2, 0.25) is 0 Å². The van der Waals surface area contributed by atoms with Gasteiger partial charge < -0.3 is 15.6 Å². The molecule has 2 aromatic carbocycles. The summed E-state index contributed by atoms with van der Waals surface area (Å²) in [7, 11) is 0. The fraction of sp³-hybridized carbons (Fsp3) is 0.222. The molecule has 0 aliphatic rings. The number of para-hydroxylation sites is 1. The summed E-state index contributed by atoms with van der Waals surface area (Å²) < 4.78 is 0. The van der Waals surface area contributed by atoms with Crippen molar-refractivity contribution in [2.75, 3.05) is 0 Å². The number of carbonyl (C=O) groups is 4. The molecule has 0 spiro atoms. The van der Waals surface area contributed by atoms with Crippen LogP contribution in [0.25, 0.3) is 10.9 Å². The maximum absolute atomic E-state index is 13.0. The molecule has 0 aliphatic heterocycles. The number of ketones is 2. The zero-order valence-corrected chi connectivity index (χ0v) is 20.5. The van der Waals surface area contributed by atoms with Gasteiger partial charge in [-0.3, -0.25) is 19.2 Å². The van der Waals surface area contributed by atoms with Crippen molar-refractivity contribution >= 4 is 45.6 Å². The van der Waals surface area contributed by atoms with Crippen molar-refractivity contribution in [1.82, 2.24) is 20.6 Å². The highest BCUT2D eigenvalue weighted by Gasteiger charge is 2.29. The number of aryl methyl sites for hydroxylation is 1. The number of amides is 2. The lowest BCUT2D eigenvalue weighted by Crippen LogP contribution is -2.52. The Morgan fingerprint density at radius 2 is 1.75 bits per heavy atom. The fourth-order valence-corrected chi connectivity index (χ4v) is 4.43. The third-order valence-corrected chi connectivity index (χ3v) is 6.59. The summed E-state index contributed by atoms with van der Waals surface area (Å²) in [6.45, 7) is 1.53. The van der Waals surface area contributed by atoms with E-state index in [0.29, 0.717) is 12.1 Å². The molecule has 2 heterocycles. The number of benzene rings is 2. The minimum atomic E-state index is -1.05. The first-order chi connectivity index (χ1) is 17.4. The summed E-state index contributed by atoms with van der Waals surface area (Å²) in [5, 5.41) is 8.79. The van der Waals surface area contributed by atoms with E-state index in [9.17, 15) is 19.2 Å². The van der Waals surface area contributed by atoms with E-state index in [1.165, 1.54) is 18.3 Å². The molecule has 8 nitrogen and oxygen atoms in total. The summed E-state index contributed by atoms with van der Waals surface area (Å²) in [5.74, 6) is -2.24. The van der Waals surface area contributed by atoms with Crippen molar-refractivity contribution in [1.29, 1.82) is 0 Å². The maximum atomic E-state index is 13.0. The Hall–Kier alpha value is -4.11. The molecule has 0 radical (unpaired) electrons. The van der Waals surface area contributed by atoms with Gasteiger partial charge in [0, 0.05) is 41.7 Å². The van der Waals surface area contributed by atoms with Gasteiger partial charge in [-0.25, -0.2) is 4.98 Å². The standard InChI is InChI=1S/C27H26N4O4S/c1-17(29-27(35)22-16-19-9-5-6-10-20(19)30-22)26(34)31-21(15-18-7-3-2-4-8-18)25(33)23(32)11-12-24-28-13-14-36-24/h2-10,13-14,16-17,21,30H,11-12,15H2,1H3,(H,29,35)(H,31,34)/t17-,21-/m1/s1. The van der Waals surface area contributed by atoms with Crippen molar-refractivity contribution in [3.8, 4) is 0 Å². The van der Waals surface area contributed by atoms with E-state index < -0.39 is 35.5 Å².